The van der Waals surface area contributed by atoms with E-state index in [-0.39, 0.29) is 5.56 Å². The van der Waals surface area contributed by atoms with Crippen LogP contribution in [0.5, 0.6) is 0 Å². The van der Waals surface area contributed by atoms with Gasteiger partial charge in [-0.05, 0) is 30.9 Å². The fourth-order valence-corrected chi connectivity index (χ4v) is 1.70. The molecule has 2 aromatic rings. The maximum atomic E-state index is 11.3. The Hall–Kier alpha value is -1.90. The summed E-state index contributed by atoms with van der Waals surface area (Å²) < 4.78 is 0. The summed E-state index contributed by atoms with van der Waals surface area (Å²) in [6.45, 7) is 0. The van der Waals surface area contributed by atoms with Crippen molar-refractivity contribution in [2.75, 3.05) is 0 Å². The lowest BCUT2D eigenvalue weighted by Gasteiger charge is -2.00. The van der Waals surface area contributed by atoms with Crippen LogP contribution in [-0.4, -0.2) is 10.2 Å². The fraction of sp³-hybridized carbons (Fsp3) is 0.231. The highest BCUT2D eigenvalue weighted by atomic mass is 16.1. The molecule has 0 radical (unpaired) electrons. The van der Waals surface area contributed by atoms with Crippen LogP contribution in [0.2, 0.25) is 0 Å². The van der Waals surface area contributed by atoms with Crippen molar-refractivity contribution in [2.24, 2.45) is 0 Å². The number of hydrogen-bond acceptors (Lipinski definition) is 2. The zero-order valence-electron chi connectivity index (χ0n) is 9.02. The molecule has 0 unspecified atom stereocenters. The maximum absolute atomic E-state index is 11.3. The van der Waals surface area contributed by atoms with Crippen LogP contribution in [0.3, 0.4) is 0 Å². The number of aromatic nitrogens is 2. The predicted octanol–water partition coefficient (Wildman–Crippen LogP) is 1.95. The molecule has 1 aromatic carbocycles. The Bertz CT molecular complexity index is 491. The number of hydrogen-bond donors (Lipinski definition) is 1. The first-order chi connectivity index (χ1) is 7.86. The minimum atomic E-state index is -0.0736. The zero-order valence-corrected chi connectivity index (χ0v) is 9.02. The summed E-state index contributed by atoms with van der Waals surface area (Å²) in [5.74, 6) is 0. The van der Waals surface area contributed by atoms with Gasteiger partial charge in [-0.25, -0.2) is 5.10 Å². The normalized spacial score (nSPS) is 10.2. The molecule has 16 heavy (non-hydrogen) atoms. The van der Waals surface area contributed by atoms with Crippen LogP contribution in [-0.2, 0) is 12.8 Å². The van der Waals surface area contributed by atoms with Gasteiger partial charge in [0.1, 0.15) is 0 Å². The van der Waals surface area contributed by atoms with Gasteiger partial charge in [-0.1, -0.05) is 30.3 Å². The highest BCUT2D eigenvalue weighted by molar-refractivity contribution is 5.15. The molecule has 0 saturated heterocycles. The molecule has 3 nitrogen and oxygen atoms in total. The lowest BCUT2D eigenvalue weighted by atomic mass is 10.1. The molecule has 0 saturated carbocycles. The zero-order chi connectivity index (χ0) is 11.2. The molecule has 0 amide bonds. The fourth-order valence-electron chi connectivity index (χ4n) is 1.70. The average molecular weight is 214 g/mol. The Morgan fingerprint density at radius 2 is 1.88 bits per heavy atom. The molecule has 2 rings (SSSR count). The van der Waals surface area contributed by atoms with Gasteiger partial charge in [-0.2, -0.15) is 5.10 Å². The molecule has 1 heterocycles. The number of aromatic amines is 1. The van der Waals surface area contributed by atoms with E-state index in [1.165, 1.54) is 5.56 Å². The number of benzene rings is 1. The van der Waals surface area contributed by atoms with E-state index in [9.17, 15) is 4.79 Å². The van der Waals surface area contributed by atoms with E-state index in [1.54, 1.807) is 12.3 Å². The monoisotopic (exact) mass is 214 g/mol. The van der Waals surface area contributed by atoms with Gasteiger partial charge in [0.25, 0.3) is 5.56 Å². The van der Waals surface area contributed by atoms with Crippen molar-refractivity contribution in [3.8, 4) is 0 Å². The molecule has 0 spiro atoms. The lowest BCUT2D eigenvalue weighted by molar-refractivity contribution is 0.799. The van der Waals surface area contributed by atoms with Gasteiger partial charge in [0.2, 0.25) is 0 Å². The standard InChI is InChI=1S/C13H14N2O/c16-13-12(9-10-14-15-13)8-4-7-11-5-2-1-3-6-11/h1-3,5-6,9-10H,4,7-8H2,(H,15,16). The molecule has 82 valence electrons. The van der Waals surface area contributed by atoms with Crippen molar-refractivity contribution in [2.45, 2.75) is 19.3 Å². The van der Waals surface area contributed by atoms with Crippen molar-refractivity contribution in [3.63, 3.8) is 0 Å². The van der Waals surface area contributed by atoms with Gasteiger partial charge >= 0.3 is 0 Å². The number of nitrogens with zero attached hydrogens (tertiary/aromatic N) is 1. The molecule has 0 aliphatic carbocycles. The second-order valence-electron chi connectivity index (χ2n) is 3.75. The molecular weight excluding hydrogens is 200 g/mol. The minimum Gasteiger partial charge on any atom is -0.268 e. The highest BCUT2D eigenvalue weighted by Crippen LogP contribution is 2.04. The summed E-state index contributed by atoms with van der Waals surface area (Å²) in [6, 6.07) is 12.1. The summed E-state index contributed by atoms with van der Waals surface area (Å²) in [5, 5.41) is 6.12. The first-order valence-electron chi connectivity index (χ1n) is 5.43. The van der Waals surface area contributed by atoms with E-state index in [0.717, 1.165) is 24.8 Å². The Kier molecular flexibility index (Phi) is 3.49. The topological polar surface area (TPSA) is 45.8 Å². The number of nitrogens with one attached hydrogen (secondary N) is 1. The average Bonchev–Trinajstić information content (AvgIpc) is 2.33. The van der Waals surface area contributed by atoms with E-state index >= 15 is 0 Å². The third-order valence-corrected chi connectivity index (χ3v) is 2.56. The number of H-pyrrole nitrogens is 1. The van der Waals surface area contributed by atoms with Crippen molar-refractivity contribution < 1.29 is 0 Å². The van der Waals surface area contributed by atoms with Crippen LogP contribution in [0, 0.1) is 0 Å². The van der Waals surface area contributed by atoms with Crippen LogP contribution < -0.4 is 5.56 Å². The van der Waals surface area contributed by atoms with Gasteiger partial charge in [-0.3, -0.25) is 4.79 Å². The maximum Gasteiger partial charge on any atom is 0.267 e. The van der Waals surface area contributed by atoms with E-state index in [4.69, 9.17) is 0 Å². The lowest BCUT2D eigenvalue weighted by Crippen LogP contribution is -2.13. The quantitative estimate of drug-likeness (QED) is 0.845. The van der Waals surface area contributed by atoms with Crippen molar-refractivity contribution >= 4 is 0 Å². The summed E-state index contributed by atoms with van der Waals surface area (Å²) in [6.07, 6.45) is 4.41. The molecule has 0 aliphatic heterocycles. The first kappa shape index (κ1) is 10.6. The predicted molar refractivity (Wildman–Crippen MR) is 63.3 cm³/mol. The third-order valence-electron chi connectivity index (χ3n) is 2.56. The van der Waals surface area contributed by atoms with Crippen molar-refractivity contribution in [3.05, 3.63) is 64.1 Å². The Morgan fingerprint density at radius 3 is 2.62 bits per heavy atom. The molecule has 0 bridgehead atoms. The molecule has 0 fully saturated rings. The van der Waals surface area contributed by atoms with Crippen LogP contribution in [0.1, 0.15) is 17.5 Å². The van der Waals surface area contributed by atoms with Crippen LogP contribution in [0.4, 0.5) is 0 Å². The molecule has 0 aliphatic rings. The summed E-state index contributed by atoms with van der Waals surface area (Å²) in [4.78, 5) is 11.3. The molecule has 0 atom stereocenters. The minimum absolute atomic E-state index is 0.0736. The molecule has 3 heteroatoms. The molecular formula is C13H14N2O. The van der Waals surface area contributed by atoms with E-state index in [2.05, 4.69) is 22.3 Å². The van der Waals surface area contributed by atoms with E-state index in [0.29, 0.717) is 0 Å². The highest BCUT2D eigenvalue weighted by Gasteiger charge is 1.98. The SMILES string of the molecule is O=c1[nH]nccc1CCCc1ccccc1. The molecule has 1 N–H and O–H groups in total. The summed E-state index contributed by atoms with van der Waals surface area (Å²) in [7, 11) is 0. The largest absolute Gasteiger partial charge is 0.268 e. The van der Waals surface area contributed by atoms with Gasteiger partial charge in [0.15, 0.2) is 0 Å². The summed E-state index contributed by atoms with van der Waals surface area (Å²) >= 11 is 0. The van der Waals surface area contributed by atoms with E-state index < -0.39 is 0 Å². The molecule has 1 aromatic heterocycles. The smallest absolute Gasteiger partial charge is 0.267 e. The Balaban J connectivity index is 1.90. The van der Waals surface area contributed by atoms with Crippen LogP contribution in [0.25, 0.3) is 0 Å². The third kappa shape index (κ3) is 2.79. The Labute approximate surface area is 94.2 Å². The first-order valence-corrected chi connectivity index (χ1v) is 5.43. The van der Waals surface area contributed by atoms with Crippen molar-refractivity contribution in [1.29, 1.82) is 0 Å². The summed E-state index contributed by atoms with van der Waals surface area (Å²) in [5.41, 5.74) is 2.05. The van der Waals surface area contributed by atoms with Crippen molar-refractivity contribution in [1.82, 2.24) is 10.2 Å². The Morgan fingerprint density at radius 1 is 1.06 bits per heavy atom. The number of aryl methyl sites for hydroxylation is 2. The second kappa shape index (κ2) is 5.26. The number of rotatable bonds is 4. The van der Waals surface area contributed by atoms with E-state index in [1.807, 2.05) is 18.2 Å². The van der Waals surface area contributed by atoms with Crippen LogP contribution in [0.15, 0.2) is 47.4 Å². The van der Waals surface area contributed by atoms with Gasteiger partial charge in [0.05, 0.1) is 0 Å². The second-order valence-corrected chi connectivity index (χ2v) is 3.75. The van der Waals surface area contributed by atoms with Gasteiger partial charge in [0, 0.05) is 11.8 Å². The van der Waals surface area contributed by atoms with Gasteiger partial charge < -0.3 is 0 Å². The van der Waals surface area contributed by atoms with Crippen LogP contribution >= 0.6 is 0 Å². The van der Waals surface area contributed by atoms with Gasteiger partial charge in [-0.15, -0.1) is 0 Å².